The number of sulfonamides is 1. The first kappa shape index (κ1) is 14.1. The van der Waals surface area contributed by atoms with E-state index in [2.05, 4.69) is 9.71 Å². The number of imidazole rings is 1. The number of hydrogen-bond donors (Lipinski definition) is 1. The van der Waals surface area contributed by atoms with Crippen molar-refractivity contribution in [2.45, 2.75) is 38.6 Å². The third-order valence-electron chi connectivity index (χ3n) is 4.86. The summed E-state index contributed by atoms with van der Waals surface area (Å²) in [6.45, 7) is 1.08. The lowest BCUT2D eigenvalue weighted by molar-refractivity contribution is 0.0439. The van der Waals surface area contributed by atoms with Gasteiger partial charge in [0.1, 0.15) is 0 Å². The lowest BCUT2D eigenvalue weighted by atomic mass is 9.59. The summed E-state index contributed by atoms with van der Waals surface area (Å²) in [4.78, 5) is 3.94. The molecule has 6 heteroatoms. The molecule has 112 valence electrons. The van der Waals surface area contributed by atoms with Crippen molar-refractivity contribution in [2.75, 3.05) is 12.3 Å². The molecule has 0 aliphatic heterocycles. The Hall–Kier alpha value is -0.880. The molecule has 1 heterocycles. The Morgan fingerprint density at radius 2 is 2.15 bits per heavy atom. The number of nitrogens with zero attached hydrogens (tertiary/aromatic N) is 2. The summed E-state index contributed by atoms with van der Waals surface area (Å²) in [5, 5.41) is 0. The van der Waals surface area contributed by atoms with Gasteiger partial charge in [0.2, 0.25) is 10.0 Å². The summed E-state index contributed by atoms with van der Waals surface area (Å²) in [7, 11) is -3.13. The average molecular weight is 297 g/mol. The first-order chi connectivity index (χ1) is 9.64. The van der Waals surface area contributed by atoms with Crippen molar-refractivity contribution in [1.82, 2.24) is 14.3 Å². The van der Waals surface area contributed by atoms with E-state index in [0.29, 0.717) is 30.7 Å². The van der Waals surface area contributed by atoms with Gasteiger partial charge in [0.15, 0.2) is 0 Å². The molecule has 0 amide bonds. The van der Waals surface area contributed by atoms with E-state index in [0.717, 1.165) is 12.3 Å². The van der Waals surface area contributed by atoms with Crippen molar-refractivity contribution in [3.63, 3.8) is 0 Å². The molecule has 3 atom stereocenters. The van der Waals surface area contributed by atoms with Crippen LogP contribution in [0.25, 0.3) is 0 Å². The maximum absolute atomic E-state index is 12.1. The van der Waals surface area contributed by atoms with Crippen LogP contribution in [0.1, 0.15) is 32.1 Å². The molecule has 1 N–H and O–H groups in total. The second kappa shape index (κ2) is 5.85. The fourth-order valence-electron chi connectivity index (χ4n) is 3.80. The highest BCUT2D eigenvalue weighted by Gasteiger charge is 2.43. The van der Waals surface area contributed by atoms with E-state index in [4.69, 9.17) is 0 Å². The molecule has 2 fully saturated rings. The highest BCUT2D eigenvalue weighted by molar-refractivity contribution is 7.89. The average Bonchev–Trinajstić information content (AvgIpc) is 2.89. The SMILES string of the molecule is O=S(=O)(C[C@@H]1C[C@@H]2CCCC[C@@H]21)NCCn1ccnc1. The Morgan fingerprint density at radius 1 is 1.30 bits per heavy atom. The van der Waals surface area contributed by atoms with Gasteiger partial charge in [-0.05, 0) is 30.6 Å². The standard InChI is InChI=1S/C14H23N3O2S/c18-20(19,16-6-8-17-7-5-15-11-17)10-13-9-12-3-1-2-4-14(12)13/h5,7,11-14,16H,1-4,6,8-10H2/t12-,13-,14-/m0/s1. The fraction of sp³-hybridized carbons (Fsp3) is 0.786. The Kier molecular flexibility index (Phi) is 4.12. The molecule has 2 aliphatic carbocycles. The topological polar surface area (TPSA) is 64.0 Å². The zero-order chi connectivity index (χ0) is 14.0. The van der Waals surface area contributed by atoms with Crippen LogP contribution in [0.2, 0.25) is 0 Å². The molecule has 0 saturated heterocycles. The van der Waals surface area contributed by atoms with Crippen LogP contribution < -0.4 is 4.72 Å². The number of rotatable bonds is 6. The quantitative estimate of drug-likeness (QED) is 0.868. The van der Waals surface area contributed by atoms with Gasteiger partial charge >= 0.3 is 0 Å². The molecule has 20 heavy (non-hydrogen) atoms. The minimum atomic E-state index is -3.13. The molecule has 1 aromatic rings. The molecule has 3 rings (SSSR count). The zero-order valence-electron chi connectivity index (χ0n) is 11.7. The van der Waals surface area contributed by atoms with Crippen LogP contribution in [0.4, 0.5) is 0 Å². The second-order valence-electron chi connectivity index (χ2n) is 6.18. The highest BCUT2D eigenvalue weighted by atomic mass is 32.2. The van der Waals surface area contributed by atoms with Crippen molar-refractivity contribution in [3.8, 4) is 0 Å². The monoisotopic (exact) mass is 297 g/mol. The van der Waals surface area contributed by atoms with Gasteiger partial charge in [-0.1, -0.05) is 19.3 Å². The van der Waals surface area contributed by atoms with E-state index < -0.39 is 10.0 Å². The summed E-state index contributed by atoms with van der Waals surface area (Å²) in [6, 6.07) is 0. The number of aromatic nitrogens is 2. The Labute approximate surface area is 120 Å². The van der Waals surface area contributed by atoms with Crippen LogP contribution in [0.3, 0.4) is 0 Å². The number of nitrogens with one attached hydrogen (secondary N) is 1. The normalized spacial score (nSPS) is 29.7. The van der Waals surface area contributed by atoms with E-state index in [1.54, 1.807) is 12.5 Å². The van der Waals surface area contributed by atoms with E-state index in [1.165, 1.54) is 25.7 Å². The van der Waals surface area contributed by atoms with Crippen LogP contribution in [-0.2, 0) is 16.6 Å². The van der Waals surface area contributed by atoms with Crippen LogP contribution >= 0.6 is 0 Å². The predicted molar refractivity (Wildman–Crippen MR) is 77.6 cm³/mol. The van der Waals surface area contributed by atoms with Gasteiger partial charge in [-0.25, -0.2) is 18.1 Å². The summed E-state index contributed by atoms with van der Waals surface area (Å²) in [5.74, 6) is 2.20. The van der Waals surface area contributed by atoms with Gasteiger partial charge in [0.05, 0.1) is 12.1 Å². The number of hydrogen-bond acceptors (Lipinski definition) is 3. The molecule has 1 aromatic heterocycles. The minimum absolute atomic E-state index is 0.318. The predicted octanol–water partition coefficient (Wildman–Crippen LogP) is 1.63. The zero-order valence-corrected chi connectivity index (χ0v) is 12.6. The van der Waals surface area contributed by atoms with Crippen molar-refractivity contribution < 1.29 is 8.42 Å². The van der Waals surface area contributed by atoms with Crippen molar-refractivity contribution in [3.05, 3.63) is 18.7 Å². The van der Waals surface area contributed by atoms with Gasteiger partial charge in [-0.2, -0.15) is 0 Å². The third kappa shape index (κ3) is 3.23. The van der Waals surface area contributed by atoms with Gasteiger partial charge in [-0.15, -0.1) is 0 Å². The van der Waals surface area contributed by atoms with E-state index >= 15 is 0 Å². The minimum Gasteiger partial charge on any atom is -0.336 e. The maximum atomic E-state index is 12.1. The van der Waals surface area contributed by atoms with Crippen LogP contribution in [0.5, 0.6) is 0 Å². The first-order valence-electron chi connectivity index (χ1n) is 7.57. The molecular weight excluding hydrogens is 274 g/mol. The first-order valence-corrected chi connectivity index (χ1v) is 9.22. The summed E-state index contributed by atoms with van der Waals surface area (Å²) in [5.41, 5.74) is 0. The van der Waals surface area contributed by atoms with Gasteiger partial charge in [-0.3, -0.25) is 0 Å². The molecule has 0 aromatic carbocycles. The number of fused-ring (bicyclic) bond motifs is 1. The molecule has 0 spiro atoms. The molecule has 0 unspecified atom stereocenters. The van der Waals surface area contributed by atoms with Gasteiger partial charge in [0, 0.05) is 25.5 Å². The largest absolute Gasteiger partial charge is 0.336 e. The summed E-state index contributed by atoms with van der Waals surface area (Å²) >= 11 is 0. The maximum Gasteiger partial charge on any atom is 0.211 e. The lowest BCUT2D eigenvalue weighted by Gasteiger charge is -2.47. The molecule has 2 saturated carbocycles. The Bertz CT molecular complexity index is 527. The van der Waals surface area contributed by atoms with Crippen LogP contribution in [-0.4, -0.2) is 30.3 Å². The smallest absolute Gasteiger partial charge is 0.211 e. The van der Waals surface area contributed by atoms with Crippen molar-refractivity contribution >= 4 is 10.0 Å². The van der Waals surface area contributed by atoms with Gasteiger partial charge in [0.25, 0.3) is 0 Å². The highest BCUT2D eigenvalue weighted by Crippen LogP contribution is 2.49. The van der Waals surface area contributed by atoms with Gasteiger partial charge < -0.3 is 4.57 Å². The second-order valence-corrected chi connectivity index (χ2v) is 8.03. The Morgan fingerprint density at radius 3 is 2.90 bits per heavy atom. The van der Waals surface area contributed by atoms with E-state index in [9.17, 15) is 8.42 Å². The Balaban J connectivity index is 1.44. The molecule has 0 bridgehead atoms. The fourth-order valence-corrected chi connectivity index (χ4v) is 5.27. The molecule has 2 aliphatic rings. The van der Waals surface area contributed by atoms with Crippen molar-refractivity contribution in [2.24, 2.45) is 17.8 Å². The molecule has 0 radical (unpaired) electrons. The summed E-state index contributed by atoms with van der Waals surface area (Å²) in [6.07, 6.45) is 11.5. The van der Waals surface area contributed by atoms with Crippen LogP contribution in [0.15, 0.2) is 18.7 Å². The molecular formula is C14H23N3O2S. The van der Waals surface area contributed by atoms with Crippen LogP contribution in [0, 0.1) is 17.8 Å². The van der Waals surface area contributed by atoms with E-state index in [-0.39, 0.29) is 0 Å². The molecule has 5 nitrogen and oxygen atoms in total. The third-order valence-corrected chi connectivity index (χ3v) is 6.37. The summed E-state index contributed by atoms with van der Waals surface area (Å²) < 4.78 is 28.8. The lowest BCUT2D eigenvalue weighted by Crippen LogP contribution is -2.44. The van der Waals surface area contributed by atoms with Crippen molar-refractivity contribution in [1.29, 1.82) is 0 Å². The van der Waals surface area contributed by atoms with E-state index in [1.807, 2.05) is 10.8 Å².